The Kier molecular flexibility index (Phi) is 4.14. The van der Waals surface area contributed by atoms with E-state index in [9.17, 15) is 0 Å². The summed E-state index contributed by atoms with van der Waals surface area (Å²) in [6.07, 6.45) is 2.99. The summed E-state index contributed by atoms with van der Waals surface area (Å²) in [7, 11) is 1.96. The highest BCUT2D eigenvalue weighted by Gasteiger charge is 2.14. The Hall–Kier alpha value is -1.20. The van der Waals surface area contributed by atoms with Crippen molar-refractivity contribution in [1.82, 2.24) is 20.1 Å². The zero-order valence-electron chi connectivity index (χ0n) is 11.4. The van der Waals surface area contributed by atoms with E-state index >= 15 is 0 Å². The first-order valence-electron chi connectivity index (χ1n) is 6.37. The largest absolute Gasteiger partial charge is 0.309 e. The van der Waals surface area contributed by atoms with Crippen LogP contribution in [0.3, 0.4) is 0 Å². The van der Waals surface area contributed by atoms with E-state index in [1.54, 1.807) is 11.3 Å². The van der Waals surface area contributed by atoms with E-state index in [1.807, 2.05) is 11.7 Å². The van der Waals surface area contributed by atoms with Crippen LogP contribution in [0, 0.1) is 0 Å². The number of nitrogens with zero attached hydrogens (tertiary/aromatic N) is 3. The average Bonchev–Trinajstić information content (AvgIpc) is 2.95. The molecule has 0 amide bonds. The number of hydrogen-bond donors (Lipinski definition) is 1. The summed E-state index contributed by atoms with van der Waals surface area (Å²) in [5.41, 5.74) is 3.40. The van der Waals surface area contributed by atoms with Gasteiger partial charge in [-0.15, -0.1) is 11.3 Å². The van der Waals surface area contributed by atoms with Crippen LogP contribution in [0.1, 0.15) is 38.2 Å². The Morgan fingerprint density at radius 2 is 2.22 bits per heavy atom. The molecule has 2 aromatic heterocycles. The van der Waals surface area contributed by atoms with Crippen molar-refractivity contribution >= 4 is 11.3 Å². The number of aryl methyl sites for hydroxylation is 2. The predicted molar refractivity (Wildman–Crippen MR) is 75.8 cm³/mol. The summed E-state index contributed by atoms with van der Waals surface area (Å²) in [5.74, 6) is 0. The van der Waals surface area contributed by atoms with E-state index < -0.39 is 0 Å². The molecular formula is C13H20N4S. The first-order valence-corrected chi connectivity index (χ1v) is 7.25. The van der Waals surface area contributed by atoms with Crippen LogP contribution in [0.4, 0.5) is 0 Å². The third-order valence-electron chi connectivity index (χ3n) is 2.95. The minimum atomic E-state index is 0.307. The SMILES string of the molecule is CCNC(C)c1csc(-c2cn(C)nc2CC)n1. The first kappa shape index (κ1) is 13.2. The maximum absolute atomic E-state index is 4.72. The van der Waals surface area contributed by atoms with Gasteiger partial charge < -0.3 is 5.32 Å². The molecule has 4 nitrogen and oxygen atoms in total. The summed E-state index contributed by atoms with van der Waals surface area (Å²) in [5, 5.41) is 11.1. The summed E-state index contributed by atoms with van der Waals surface area (Å²) in [6.45, 7) is 7.34. The van der Waals surface area contributed by atoms with Crippen molar-refractivity contribution in [1.29, 1.82) is 0 Å². The molecule has 0 aromatic carbocycles. The van der Waals surface area contributed by atoms with Crippen molar-refractivity contribution in [3.8, 4) is 10.6 Å². The summed E-state index contributed by atoms with van der Waals surface area (Å²) in [6, 6.07) is 0.307. The van der Waals surface area contributed by atoms with Crippen molar-refractivity contribution in [2.75, 3.05) is 6.54 Å². The van der Waals surface area contributed by atoms with Crippen LogP contribution in [-0.2, 0) is 13.5 Å². The minimum Gasteiger partial charge on any atom is -0.309 e. The normalized spacial score (nSPS) is 12.9. The van der Waals surface area contributed by atoms with E-state index in [2.05, 4.69) is 42.8 Å². The van der Waals surface area contributed by atoms with E-state index in [4.69, 9.17) is 4.98 Å². The Morgan fingerprint density at radius 3 is 2.89 bits per heavy atom. The Labute approximate surface area is 112 Å². The van der Waals surface area contributed by atoms with Crippen LogP contribution in [0.2, 0.25) is 0 Å². The highest BCUT2D eigenvalue weighted by molar-refractivity contribution is 7.13. The fraction of sp³-hybridized carbons (Fsp3) is 0.538. The molecule has 0 aliphatic heterocycles. The Bertz CT molecular complexity index is 515. The third kappa shape index (κ3) is 2.62. The number of nitrogens with one attached hydrogen (secondary N) is 1. The quantitative estimate of drug-likeness (QED) is 0.903. The molecule has 2 rings (SSSR count). The summed E-state index contributed by atoms with van der Waals surface area (Å²) < 4.78 is 1.86. The molecule has 2 heterocycles. The van der Waals surface area contributed by atoms with Crippen molar-refractivity contribution in [3.05, 3.63) is 23.0 Å². The van der Waals surface area contributed by atoms with Crippen molar-refractivity contribution in [2.24, 2.45) is 7.05 Å². The van der Waals surface area contributed by atoms with Gasteiger partial charge in [0.1, 0.15) is 5.01 Å². The molecule has 18 heavy (non-hydrogen) atoms. The lowest BCUT2D eigenvalue weighted by atomic mass is 10.2. The number of aromatic nitrogens is 3. The van der Waals surface area contributed by atoms with Crippen LogP contribution >= 0.6 is 11.3 Å². The molecule has 5 heteroatoms. The first-order chi connectivity index (χ1) is 8.65. The molecule has 0 radical (unpaired) electrons. The van der Waals surface area contributed by atoms with Gasteiger partial charge in [-0.3, -0.25) is 4.68 Å². The number of rotatable bonds is 5. The summed E-state index contributed by atoms with van der Waals surface area (Å²) in [4.78, 5) is 4.72. The molecule has 0 bridgehead atoms. The van der Waals surface area contributed by atoms with Crippen LogP contribution in [0.15, 0.2) is 11.6 Å². The molecule has 98 valence electrons. The van der Waals surface area contributed by atoms with Gasteiger partial charge in [0.15, 0.2) is 0 Å². The predicted octanol–water partition coefficient (Wildman–Crippen LogP) is 2.78. The van der Waals surface area contributed by atoms with E-state index in [0.29, 0.717) is 6.04 Å². The van der Waals surface area contributed by atoms with Crippen LogP contribution < -0.4 is 5.32 Å². The Morgan fingerprint density at radius 1 is 1.44 bits per heavy atom. The van der Waals surface area contributed by atoms with Crippen molar-refractivity contribution in [3.63, 3.8) is 0 Å². The highest BCUT2D eigenvalue weighted by atomic mass is 32.1. The van der Waals surface area contributed by atoms with Gasteiger partial charge in [0, 0.05) is 24.7 Å². The van der Waals surface area contributed by atoms with Crippen LogP contribution in [0.5, 0.6) is 0 Å². The molecular weight excluding hydrogens is 244 g/mol. The smallest absolute Gasteiger partial charge is 0.127 e. The monoisotopic (exact) mass is 264 g/mol. The van der Waals surface area contributed by atoms with Crippen LogP contribution in [0.25, 0.3) is 10.6 Å². The van der Waals surface area contributed by atoms with Crippen molar-refractivity contribution < 1.29 is 0 Å². The molecule has 0 saturated carbocycles. The lowest BCUT2D eigenvalue weighted by Crippen LogP contribution is -2.17. The standard InChI is InChI=1S/C13H20N4S/c1-5-11-10(7-17(4)16-11)13-15-12(8-18-13)9(3)14-6-2/h7-9,14H,5-6H2,1-4H3. The van der Waals surface area contributed by atoms with Gasteiger partial charge >= 0.3 is 0 Å². The molecule has 0 aliphatic carbocycles. The molecule has 1 N–H and O–H groups in total. The molecule has 0 aliphatic rings. The van der Waals surface area contributed by atoms with Gasteiger partial charge in [-0.05, 0) is 19.9 Å². The van der Waals surface area contributed by atoms with Gasteiger partial charge in [-0.25, -0.2) is 4.98 Å². The van der Waals surface area contributed by atoms with Gasteiger partial charge in [0.2, 0.25) is 0 Å². The number of hydrogen-bond acceptors (Lipinski definition) is 4. The van der Waals surface area contributed by atoms with Crippen molar-refractivity contribution in [2.45, 2.75) is 33.2 Å². The molecule has 0 spiro atoms. The van der Waals surface area contributed by atoms with Gasteiger partial charge in [0.05, 0.1) is 17.0 Å². The van der Waals surface area contributed by atoms with Gasteiger partial charge in [-0.2, -0.15) is 5.10 Å². The Balaban J connectivity index is 2.28. The maximum Gasteiger partial charge on any atom is 0.127 e. The molecule has 1 unspecified atom stereocenters. The van der Waals surface area contributed by atoms with Crippen LogP contribution in [-0.4, -0.2) is 21.3 Å². The highest BCUT2D eigenvalue weighted by Crippen LogP contribution is 2.28. The van der Waals surface area contributed by atoms with E-state index in [-0.39, 0.29) is 0 Å². The second-order valence-electron chi connectivity index (χ2n) is 4.37. The fourth-order valence-corrected chi connectivity index (χ4v) is 2.94. The lowest BCUT2D eigenvalue weighted by Gasteiger charge is -2.08. The second kappa shape index (κ2) is 5.63. The van der Waals surface area contributed by atoms with Gasteiger partial charge in [0.25, 0.3) is 0 Å². The van der Waals surface area contributed by atoms with E-state index in [0.717, 1.165) is 29.4 Å². The fourth-order valence-electron chi connectivity index (χ4n) is 1.99. The topological polar surface area (TPSA) is 42.7 Å². The average molecular weight is 264 g/mol. The maximum atomic E-state index is 4.72. The number of thiazole rings is 1. The second-order valence-corrected chi connectivity index (χ2v) is 5.23. The minimum absolute atomic E-state index is 0.307. The molecule has 2 aromatic rings. The van der Waals surface area contributed by atoms with Gasteiger partial charge in [-0.1, -0.05) is 13.8 Å². The summed E-state index contributed by atoms with van der Waals surface area (Å²) >= 11 is 1.70. The zero-order chi connectivity index (χ0) is 13.1. The van der Waals surface area contributed by atoms with E-state index in [1.165, 1.54) is 5.56 Å². The third-order valence-corrected chi connectivity index (χ3v) is 3.84. The molecule has 1 atom stereocenters. The molecule has 0 fully saturated rings. The lowest BCUT2D eigenvalue weighted by molar-refractivity contribution is 0.587. The molecule has 0 saturated heterocycles. The zero-order valence-corrected chi connectivity index (χ0v) is 12.2.